The number of nitrogens with zero attached hydrogens (tertiary/aromatic N) is 1. The van der Waals surface area contributed by atoms with Gasteiger partial charge in [0.25, 0.3) is 0 Å². The van der Waals surface area contributed by atoms with Gasteiger partial charge in [-0.15, -0.1) is 0 Å². The summed E-state index contributed by atoms with van der Waals surface area (Å²) in [6.07, 6.45) is 6.68. The summed E-state index contributed by atoms with van der Waals surface area (Å²) in [5, 5.41) is 2.34. The molecule has 3 heteroatoms. The summed E-state index contributed by atoms with van der Waals surface area (Å²) < 4.78 is 0. The molecule has 0 saturated heterocycles. The number of Topliss-reactive ketones (excluding diaryl/α,β-unsaturated/α-hetero) is 1. The van der Waals surface area contributed by atoms with Gasteiger partial charge < -0.3 is 4.98 Å². The Morgan fingerprint density at radius 1 is 1.26 bits per heavy atom. The zero-order valence-corrected chi connectivity index (χ0v) is 13.5. The zero-order chi connectivity index (χ0) is 16.2. The fraction of sp³-hybridized carbons (Fsp3) is 0.200. The number of imidazole rings is 1. The third kappa shape index (κ3) is 3.09. The van der Waals surface area contributed by atoms with Crippen molar-refractivity contribution in [3.05, 3.63) is 71.8 Å². The van der Waals surface area contributed by atoms with E-state index in [2.05, 4.69) is 46.4 Å². The van der Waals surface area contributed by atoms with Crippen molar-refractivity contribution in [3.8, 4) is 0 Å². The summed E-state index contributed by atoms with van der Waals surface area (Å²) in [7, 11) is 0. The van der Waals surface area contributed by atoms with Crippen molar-refractivity contribution in [3.63, 3.8) is 0 Å². The van der Waals surface area contributed by atoms with Gasteiger partial charge in [0, 0.05) is 18.4 Å². The Balaban J connectivity index is 2.13. The van der Waals surface area contributed by atoms with Gasteiger partial charge in [-0.1, -0.05) is 49.4 Å². The minimum Gasteiger partial charge on any atom is -0.345 e. The lowest BCUT2D eigenvalue weighted by atomic mass is 9.94. The molecule has 1 aromatic heterocycles. The van der Waals surface area contributed by atoms with Gasteiger partial charge in [-0.2, -0.15) is 0 Å². The molecule has 1 heterocycles. The van der Waals surface area contributed by atoms with Crippen molar-refractivity contribution < 1.29 is 4.79 Å². The molecule has 0 spiro atoms. The van der Waals surface area contributed by atoms with Gasteiger partial charge in [0.1, 0.15) is 5.78 Å². The number of rotatable bonds is 5. The van der Waals surface area contributed by atoms with E-state index in [1.807, 2.05) is 26.1 Å². The fourth-order valence-corrected chi connectivity index (χ4v) is 2.88. The predicted octanol–water partition coefficient (Wildman–Crippen LogP) is 4.54. The number of hydrogen-bond donors (Lipinski definition) is 1. The molecule has 23 heavy (non-hydrogen) atoms. The molecule has 1 N–H and O–H groups in total. The number of carbonyl (C=O) groups is 1. The summed E-state index contributed by atoms with van der Waals surface area (Å²) in [6.45, 7) is 3.93. The molecule has 3 aromatic rings. The van der Waals surface area contributed by atoms with Gasteiger partial charge in [0.2, 0.25) is 0 Å². The van der Waals surface area contributed by atoms with E-state index in [1.165, 1.54) is 5.39 Å². The Hall–Kier alpha value is -2.68. The van der Waals surface area contributed by atoms with Gasteiger partial charge in [-0.05, 0) is 28.8 Å². The Morgan fingerprint density at radius 2 is 2.13 bits per heavy atom. The number of carbonyl (C=O) groups excluding carboxylic acids is 1. The highest BCUT2D eigenvalue weighted by molar-refractivity contribution is 5.97. The van der Waals surface area contributed by atoms with Crippen LogP contribution in [-0.4, -0.2) is 15.8 Å². The van der Waals surface area contributed by atoms with E-state index in [1.54, 1.807) is 6.33 Å². The van der Waals surface area contributed by atoms with Crippen molar-refractivity contribution in [2.75, 3.05) is 0 Å². The lowest BCUT2D eigenvalue weighted by Crippen LogP contribution is -2.00. The summed E-state index contributed by atoms with van der Waals surface area (Å²) in [4.78, 5) is 19.1. The monoisotopic (exact) mass is 304 g/mol. The SMILES string of the molecule is CC=C(c1cnc[nH]1)c1cccc2ccc(CC(=O)CC)cc12. The molecule has 0 unspecified atom stereocenters. The Morgan fingerprint density at radius 3 is 2.83 bits per heavy atom. The first-order chi connectivity index (χ1) is 11.2. The van der Waals surface area contributed by atoms with Crippen LogP contribution < -0.4 is 0 Å². The normalized spacial score (nSPS) is 11.8. The van der Waals surface area contributed by atoms with Gasteiger partial charge in [0.15, 0.2) is 0 Å². The number of hydrogen-bond acceptors (Lipinski definition) is 2. The van der Waals surface area contributed by atoms with Crippen LogP contribution in [0, 0.1) is 0 Å². The standard InChI is InChI=1S/C20H20N2O/c1-3-16(23)10-14-8-9-15-6-5-7-18(19(15)11-14)17(4-2)20-12-21-13-22-20/h4-9,11-13H,3,10H2,1-2H3,(H,21,22). The zero-order valence-electron chi connectivity index (χ0n) is 13.5. The summed E-state index contributed by atoms with van der Waals surface area (Å²) in [6, 6.07) is 12.6. The minimum absolute atomic E-state index is 0.265. The molecule has 2 aromatic carbocycles. The minimum atomic E-state index is 0.265. The van der Waals surface area contributed by atoms with Crippen LogP contribution in [0.25, 0.3) is 16.3 Å². The highest BCUT2D eigenvalue weighted by atomic mass is 16.1. The maximum Gasteiger partial charge on any atom is 0.136 e. The maximum absolute atomic E-state index is 11.8. The number of allylic oxidation sites excluding steroid dienone is 1. The number of aromatic amines is 1. The largest absolute Gasteiger partial charge is 0.345 e. The highest BCUT2D eigenvalue weighted by Crippen LogP contribution is 2.29. The molecule has 0 atom stereocenters. The average molecular weight is 304 g/mol. The summed E-state index contributed by atoms with van der Waals surface area (Å²) in [5.74, 6) is 0.265. The van der Waals surface area contributed by atoms with Crippen LogP contribution in [0.3, 0.4) is 0 Å². The smallest absolute Gasteiger partial charge is 0.136 e. The first kappa shape index (κ1) is 15.2. The maximum atomic E-state index is 11.8. The highest BCUT2D eigenvalue weighted by Gasteiger charge is 2.10. The molecule has 0 radical (unpaired) electrons. The third-order valence-corrected chi connectivity index (χ3v) is 4.11. The van der Waals surface area contributed by atoms with E-state index in [4.69, 9.17) is 0 Å². The number of fused-ring (bicyclic) bond motifs is 1. The van der Waals surface area contributed by atoms with Crippen molar-refractivity contribution in [2.24, 2.45) is 0 Å². The molecule has 0 saturated carbocycles. The molecule has 0 aliphatic rings. The van der Waals surface area contributed by atoms with E-state index in [0.717, 1.165) is 27.8 Å². The molecule has 0 fully saturated rings. The Labute approximate surface area is 136 Å². The molecular formula is C20H20N2O. The average Bonchev–Trinajstić information content (AvgIpc) is 3.10. The number of ketones is 1. The van der Waals surface area contributed by atoms with Gasteiger partial charge >= 0.3 is 0 Å². The van der Waals surface area contributed by atoms with Gasteiger partial charge in [-0.25, -0.2) is 4.98 Å². The first-order valence-electron chi connectivity index (χ1n) is 7.91. The molecule has 3 rings (SSSR count). The van der Waals surface area contributed by atoms with Crippen LogP contribution in [0.5, 0.6) is 0 Å². The summed E-state index contributed by atoms with van der Waals surface area (Å²) in [5.41, 5.74) is 4.33. The van der Waals surface area contributed by atoms with Crippen LogP contribution in [0.1, 0.15) is 37.1 Å². The van der Waals surface area contributed by atoms with E-state index >= 15 is 0 Å². The van der Waals surface area contributed by atoms with Crippen molar-refractivity contribution >= 4 is 22.1 Å². The lowest BCUT2D eigenvalue weighted by Gasteiger charge is -2.11. The van der Waals surface area contributed by atoms with Crippen LogP contribution >= 0.6 is 0 Å². The quantitative estimate of drug-likeness (QED) is 0.752. The Bertz CT molecular complexity index is 860. The molecule has 116 valence electrons. The second-order valence-corrected chi connectivity index (χ2v) is 5.60. The topological polar surface area (TPSA) is 45.8 Å². The van der Waals surface area contributed by atoms with Gasteiger partial charge in [-0.3, -0.25) is 4.79 Å². The molecule has 0 aliphatic heterocycles. The number of nitrogens with one attached hydrogen (secondary N) is 1. The Kier molecular flexibility index (Phi) is 4.38. The van der Waals surface area contributed by atoms with Gasteiger partial charge in [0.05, 0.1) is 18.2 Å². The van der Waals surface area contributed by atoms with E-state index in [0.29, 0.717) is 12.8 Å². The van der Waals surface area contributed by atoms with Crippen LogP contribution in [-0.2, 0) is 11.2 Å². The molecule has 0 aliphatic carbocycles. The second-order valence-electron chi connectivity index (χ2n) is 5.60. The third-order valence-electron chi connectivity index (χ3n) is 4.11. The van der Waals surface area contributed by atoms with Crippen LogP contribution in [0.4, 0.5) is 0 Å². The van der Waals surface area contributed by atoms with E-state index < -0.39 is 0 Å². The summed E-state index contributed by atoms with van der Waals surface area (Å²) >= 11 is 0. The van der Waals surface area contributed by atoms with E-state index in [-0.39, 0.29) is 5.78 Å². The lowest BCUT2D eigenvalue weighted by molar-refractivity contribution is -0.118. The molecular weight excluding hydrogens is 284 g/mol. The van der Waals surface area contributed by atoms with Crippen molar-refractivity contribution in [1.82, 2.24) is 9.97 Å². The molecule has 0 amide bonds. The fourth-order valence-electron chi connectivity index (χ4n) is 2.88. The number of H-pyrrole nitrogens is 1. The number of aromatic nitrogens is 2. The van der Waals surface area contributed by atoms with Crippen LogP contribution in [0.2, 0.25) is 0 Å². The second kappa shape index (κ2) is 6.61. The molecule has 0 bridgehead atoms. The van der Waals surface area contributed by atoms with Crippen molar-refractivity contribution in [2.45, 2.75) is 26.7 Å². The molecule has 3 nitrogen and oxygen atoms in total. The number of benzene rings is 2. The first-order valence-corrected chi connectivity index (χ1v) is 7.91. The van der Waals surface area contributed by atoms with E-state index in [9.17, 15) is 4.79 Å². The predicted molar refractivity (Wildman–Crippen MR) is 94.3 cm³/mol. The van der Waals surface area contributed by atoms with Crippen LogP contribution in [0.15, 0.2) is 55.0 Å². The van der Waals surface area contributed by atoms with Crippen molar-refractivity contribution in [1.29, 1.82) is 0 Å².